The zero-order valence-corrected chi connectivity index (χ0v) is 15.8. The third-order valence-corrected chi connectivity index (χ3v) is 4.72. The highest BCUT2D eigenvalue weighted by molar-refractivity contribution is 6.25. The molecule has 2 heterocycles. The molecule has 29 heavy (non-hydrogen) atoms. The Morgan fingerprint density at radius 2 is 1.76 bits per heavy atom. The average molecular weight is 410 g/mol. The summed E-state index contributed by atoms with van der Waals surface area (Å²) in [6, 6.07) is 1.78. The van der Waals surface area contributed by atoms with Crippen LogP contribution in [0.5, 0.6) is 0 Å². The SMILES string of the molecule is CC(C)Cc1nc2nc(C(F)(F)F)c(C(=O)C3C(=O)CCCC3=O)cc2cc1F. The van der Waals surface area contributed by atoms with Crippen molar-refractivity contribution in [2.75, 3.05) is 0 Å². The highest BCUT2D eigenvalue weighted by Crippen LogP contribution is 2.34. The molecule has 2 aromatic rings. The van der Waals surface area contributed by atoms with E-state index in [0.717, 1.165) is 12.1 Å². The van der Waals surface area contributed by atoms with Gasteiger partial charge in [-0.25, -0.2) is 14.4 Å². The van der Waals surface area contributed by atoms with Crippen LogP contribution in [-0.2, 0) is 22.2 Å². The molecule has 0 aliphatic heterocycles. The summed E-state index contributed by atoms with van der Waals surface area (Å²) in [4.78, 5) is 44.2. The van der Waals surface area contributed by atoms with Crippen LogP contribution in [0.2, 0.25) is 0 Å². The summed E-state index contributed by atoms with van der Waals surface area (Å²) >= 11 is 0. The molecule has 1 aliphatic carbocycles. The van der Waals surface area contributed by atoms with E-state index in [1.165, 1.54) is 0 Å². The van der Waals surface area contributed by atoms with Crippen molar-refractivity contribution in [3.05, 3.63) is 34.9 Å². The largest absolute Gasteiger partial charge is 0.434 e. The second-order valence-electron chi connectivity index (χ2n) is 7.53. The van der Waals surface area contributed by atoms with Gasteiger partial charge in [0.05, 0.1) is 11.3 Å². The molecule has 9 heteroatoms. The molecule has 0 atom stereocenters. The van der Waals surface area contributed by atoms with E-state index < -0.39 is 46.5 Å². The van der Waals surface area contributed by atoms with Gasteiger partial charge < -0.3 is 0 Å². The Labute approximate surface area is 163 Å². The van der Waals surface area contributed by atoms with Crippen LogP contribution < -0.4 is 0 Å². The number of halogens is 4. The minimum Gasteiger partial charge on any atom is -0.298 e. The number of nitrogens with zero attached hydrogens (tertiary/aromatic N) is 2. The van der Waals surface area contributed by atoms with Gasteiger partial charge in [0.1, 0.15) is 11.7 Å². The second-order valence-corrected chi connectivity index (χ2v) is 7.53. The van der Waals surface area contributed by atoms with E-state index in [9.17, 15) is 31.9 Å². The first-order chi connectivity index (χ1) is 13.5. The Bertz CT molecular complexity index is 999. The van der Waals surface area contributed by atoms with E-state index in [2.05, 4.69) is 9.97 Å². The normalized spacial score (nSPS) is 16.1. The molecule has 0 radical (unpaired) electrons. The first-order valence-corrected chi connectivity index (χ1v) is 9.16. The number of aromatic nitrogens is 2. The Hall–Kier alpha value is -2.71. The van der Waals surface area contributed by atoms with Gasteiger partial charge in [-0.2, -0.15) is 13.2 Å². The zero-order chi connectivity index (χ0) is 21.5. The number of alkyl halides is 3. The topological polar surface area (TPSA) is 77.0 Å². The van der Waals surface area contributed by atoms with E-state index in [1.807, 2.05) is 0 Å². The van der Waals surface area contributed by atoms with Gasteiger partial charge in [0.2, 0.25) is 0 Å². The summed E-state index contributed by atoms with van der Waals surface area (Å²) in [6.07, 6.45) is -4.67. The molecule has 3 rings (SSSR count). The van der Waals surface area contributed by atoms with Crippen molar-refractivity contribution in [3.8, 4) is 0 Å². The van der Waals surface area contributed by atoms with Crippen molar-refractivity contribution in [3.63, 3.8) is 0 Å². The molecule has 0 unspecified atom stereocenters. The van der Waals surface area contributed by atoms with Crippen LogP contribution in [0.15, 0.2) is 12.1 Å². The maximum atomic E-state index is 14.3. The second kappa shape index (κ2) is 7.61. The minimum absolute atomic E-state index is 0.0145. The Kier molecular flexibility index (Phi) is 5.51. The smallest absolute Gasteiger partial charge is 0.298 e. The molecule has 2 aromatic heterocycles. The fraction of sp³-hybridized carbons (Fsp3) is 0.450. The van der Waals surface area contributed by atoms with Gasteiger partial charge >= 0.3 is 6.18 Å². The van der Waals surface area contributed by atoms with Crippen molar-refractivity contribution in [1.29, 1.82) is 0 Å². The molecule has 1 fully saturated rings. The molecule has 0 spiro atoms. The fourth-order valence-electron chi connectivity index (χ4n) is 3.40. The highest BCUT2D eigenvalue weighted by atomic mass is 19.4. The average Bonchev–Trinajstić information content (AvgIpc) is 2.60. The number of hydrogen-bond acceptors (Lipinski definition) is 5. The molecule has 0 amide bonds. The number of ketones is 3. The third-order valence-electron chi connectivity index (χ3n) is 4.72. The standard InChI is InChI=1S/C20H18F4N2O3/c1-9(2)6-13-12(21)8-10-7-11(18(20(22,23)24)26-19(10)25-13)17(29)16-14(27)4-3-5-15(16)28/h7-9,16H,3-6H2,1-2H3. The van der Waals surface area contributed by atoms with Crippen LogP contribution >= 0.6 is 0 Å². The van der Waals surface area contributed by atoms with E-state index >= 15 is 0 Å². The summed E-state index contributed by atoms with van der Waals surface area (Å²) < 4.78 is 55.1. The molecule has 1 aliphatic rings. The van der Waals surface area contributed by atoms with Crippen LogP contribution in [0.1, 0.15) is 54.9 Å². The summed E-state index contributed by atoms with van der Waals surface area (Å²) in [6.45, 7) is 3.61. The molecule has 0 aromatic carbocycles. The van der Waals surface area contributed by atoms with Crippen LogP contribution in [0.3, 0.4) is 0 Å². The van der Waals surface area contributed by atoms with E-state index in [4.69, 9.17) is 0 Å². The molecule has 154 valence electrons. The van der Waals surface area contributed by atoms with Crippen molar-refractivity contribution in [1.82, 2.24) is 9.97 Å². The predicted octanol–water partition coefficient (Wildman–Crippen LogP) is 4.11. The Balaban J connectivity index is 2.19. The van der Waals surface area contributed by atoms with Gasteiger partial charge in [-0.3, -0.25) is 14.4 Å². The fourth-order valence-corrected chi connectivity index (χ4v) is 3.40. The van der Waals surface area contributed by atoms with Gasteiger partial charge in [-0.05, 0) is 30.9 Å². The van der Waals surface area contributed by atoms with E-state index in [-0.39, 0.29) is 48.3 Å². The van der Waals surface area contributed by atoms with Gasteiger partial charge in [0, 0.05) is 18.2 Å². The molecular formula is C20H18F4N2O3. The first kappa shape index (κ1) is 21.0. The van der Waals surface area contributed by atoms with Crippen molar-refractivity contribution in [2.24, 2.45) is 11.8 Å². The van der Waals surface area contributed by atoms with Crippen LogP contribution in [0, 0.1) is 17.7 Å². The molecule has 0 bridgehead atoms. The van der Waals surface area contributed by atoms with Crippen LogP contribution in [-0.4, -0.2) is 27.3 Å². The van der Waals surface area contributed by atoms with Crippen molar-refractivity contribution in [2.45, 2.75) is 45.7 Å². The monoisotopic (exact) mass is 410 g/mol. The van der Waals surface area contributed by atoms with Crippen molar-refractivity contribution >= 4 is 28.4 Å². The lowest BCUT2D eigenvalue weighted by molar-refractivity contribution is -0.142. The lowest BCUT2D eigenvalue weighted by Gasteiger charge is -2.20. The highest BCUT2D eigenvalue weighted by Gasteiger charge is 2.43. The minimum atomic E-state index is -5.02. The quantitative estimate of drug-likeness (QED) is 0.431. The lowest BCUT2D eigenvalue weighted by Crippen LogP contribution is -2.36. The first-order valence-electron chi connectivity index (χ1n) is 9.16. The number of hydrogen-bond donors (Lipinski definition) is 0. The maximum absolute atomic E-state index is 14.3. The molecule has 0 saturated heterocycles. The van der Waals surface area contributed by atoms with Gasteiger partial charge in [0.25, 0.3) is 0 Å². The van der Waals surface area contributed by atoms with Gasteiger partial charge in [0.15, 0.2) is 28.7 Å². The number of fused-ring (bicyclic) bond motifs is 1. The van der Waals surface area contributed by atoms with E-state index in [0.29, 0.717) is 0 Å². The maximum Gasteiger partial charge on any atom is 0.434 e. The van der Waals surface area contributed by atoms with Crippen LogP contribution in [0.25, 0.3) is 11.0 Å². The number of Topliss-reactive ketones (excluding diaryl/α,β-unsaturated/α-hetero) is 3. The van der Waals surface area contributed by atoms with E-state index in [1.54, 1.807) is 13.8 Å². The predicted molar refractivity (Wildman–Crippen MR) is 94.7 cm³/mol. The summed E-state index contributed by atoms with van der Waals surface area (Å²) in [5, 5.41) is -0.109. The number of rotatable bonds is 4. The van der Waals surface area contributed by atoms with Gasteiger partial charge in [-0.15, -0.1) is 0 Å². The van der Waals surface area contributed by atoms with Gasteiger partial charge in [-0.1, -0.05) is 13.8 Å². The summed E-state index contributed by atoms with van der Waals surface area (Å²) in [7, 11) is 0. The molecular weight excluding hydrogens is 392 g/mol. The number of carbonyl (C=O) groups excluding carboxylic acids is 3. The number of carbonyl (C=O) groups is 3. The third kappa shape index (κ3) is 4.18. The summed E-state index contributed by atoms with van der Waals surface area (Å²) in [5.41, 5.74) is -2.83. The molecule has 1 saturated carbocycles. The lowest BCUT2D eigenvalue weighted by atomic mass is 9.81. The Morgan fingerprint density at radius 1 is 1.14 bits per heavy atom. The summed E-state index contributed by atoms with van der Waals surface area (Å²) in [5.74, 6) is -5.17. The van der Waals surface area contributed by atoms with Crippen molar-refractivity contribution < 1.29 is 31.9 Å². The number of pyridine rings is 2. The molecule has 0 N–H and O–H groups in total. The van der Waals surface area contributed by atoms with Crippen LogP contribution in [0.4, 0.5) is 17.6 Å². The Morgan fingerprint density at radius 3 is 2.31 bits per heavy atom. The molecule has 5 nitrogen and oxygen atoms in total. The zero-order valence-electron chi connectivity index (χ0n) is 15.8.